The third-order valence-electron chi connectivity index (χ3n) is 5.56. The quantitative estimate of drug-likeness (QED) is 0.758. The average molecular weight is 375 g/mol. The van der Waals surface area contributed by atoms with Crippen molar-refractivity contribution in [3.05, 3.63) is 29.3 Å². The fourth-order valence-electron chi connectivity index (χ4n) is 4.01. The van der Waals surface area contributed by atoms with E-state index in [1.54, 1.807) is 7.11 Å². The molecular formula is C22H34N2O3. The van der Waals surface area contributed by atoms with Gasteiger partial charge in [0.2, 0.25) is 0 Å². The minimum atomic E-state index is 0.260. The molecule has 0 spiro atoms. The first-order chi connectivity index (χ1) is 13.1. The number of benzene rings is 1. The van der Waals surface area contributed by atoms with Gasteiger partial charge < -0.3 is 14.6 Å². The molecule has 1 aromatic carbocycles. The number of ether oxygens (including phenoxy) is 2. The van der Waals surface area contributed by atoms with Gasteiger partial charge in [0.05, 0.1) is 7.11 Å². The second-order valence-corrected chi connectivity index (χ2v) is 8.09. The molecule has 5 heteroatoms. The Morgan fingerprint density at radius 1 is 1.30 bits per heavy atom. The Morgan fingerprint density at radius 3 is 2.89 bits per heavy atom. The molecule has 0 aromatic heterocycles. The second-order valence-electron chi connectivity index (χ2n) is 8.09. The monoisotopic (exact) mass is 374 g/mol. The van der Waals surface area contributed by atoms with Gasteiger partial charge in [-0.3, -0.25) is 9.80 Å². The highest BCUT2D eigenvalue weighted by atomic mass is 16.5. The van der Waals surface area contributed by atoms with E-state index in [2.05, 4.69) is 35.8 Å². The molecule has 2 aliphatic heterocycles. The highest BCUT2D eigenvalue weighted by molar-refractivity contribution is 5.66. The molecule has 5 nitrogen and oxygen atoms in total. The molecule has 0 unspecified atom stereocenters. The molecule has 2 heterocycles. The maximum atomic E-state index is 9.49. The van der Waals surface area contributed by atoms with Gasteiger partial charge in [-0.1, -0.05) is 26.0 Å². The van der Waals surface area contributed by atoms with Gasteiger partial charge in [0.1, 0.15) is 6.61 Å². The van der Waals surface area contributed by atoms with Crippen LogP contribution in [-0.4, -0.2) is 74.0 Å². The van der Waals surface area contributed by atoms with Gasteiger partial charge in [0, 0.05) is 44.4 Å². The number of methoxy groups -OCH3 is 1. The van der Waals surface area contributed by atoms with Gasteiger partial charge in [0.25, 0.3) is 0 Å². The maximum absolute atomic E-state index is 9.49. The maximum Gasteiger partial charge on any atom is 0.168 e. The predicted octanol–water partition coefficient (Wildman–Crippen LogP) is 2.89. The molecule has 0 amide bonds. The van der Waals surface area contributed by atoms with Crippen LogP contribution in [0.25, 0.3) is 6.08 Å². The van der Waals surface area contributed by atoms with Gasteiger partial charge >= 0.3 is 0 Å². The molecule has 1 N–H and O–H groups in total. The molecular weight excluding hydrogens is 340 g/mol. The number of hydrogen-bond donors (Lipinski definition) is 1. The number of hydrogen-bond acceptors (Lipinski definition) is 5. The molecule has 1 aromatic rings. The van der Waals surface area contributed by atoms with Crippen LogP contribution in [0.15, 0.2) is 23.8 Å². The number of aliphatic hydroxyl groups excluding tert-OH is 1. The van der Waals surface area contributed by atoms with Crippen LogP contribution in [0.4, 0.5) is 0 Å². The Hall–Kier alpha value is -1.56. The highest BCUT2D eigenvalue weighted by Gasteiger charge is 2.27. The average Bonchev–Trinajstić information content (AvgIpc) is 2.67. The van der Waals surface area contributed by atoms with Crippen molar-refractivity contribution in [1.29, 1.82) is 0 Å². The van der Waals surface area contributed by atoms with E-state index in [4.69, 9.17) is 9.47 Å². The molecule has 0 bridgehead atoms. The van der Waals surface area contributed by atoms with E-state index in [9.17, 15) is 5.11 Å². The Morgan fingerprint density at radius 2 is 2.15 bits per heavy atom. The summed E-state index contributed by atoms with van der Waals surface area (Å²) in [4.78, 5) is 5.07. The van der Waals surface area contributed by atoms with Gasteiger partial charge in [-0.2, -0.15) is 0 Å². The van der Waals surface area contributed by atoms with Crippen molar-refractivity contribution in [2.75, 3.05) is 53.0 Å². The zero-order chi connectivity index (χ0) is 19.2. The minimum absolute atomic E-state index is 0.260. The smallest absolute Gasteiger partial charge is 0.168 e. The van der Waals surface area contributed by atoms with E-state index in [-0.39, 0.29) is 6.61 Å². The van der Waals surface area contributed by atoms with Crippen LogP contribution in [0.3, 0.4) is 0 Å². The molecule has 27 heavy (non-hydrogen) atoms. The van der Waals surface area contributed by atoms with Crippen molar-refractivity contribution < 1.29 is 14.6 Å². The van der Waals surface area contributed by atoms with Crippen LogP contribution in [0.2, 0.25) is 0 Å². The molecule has 1 fully saturated rings. The fraction of sp³-hybridized carbons (Fsp3) is 0.636. The summed E-state index contributed by atoms with van der Waals surface area (Å²) in [6.45, 7) is 10.7. The van der Waals surface area contributed by atoms with E-state index in [0.29, 0.717) is 12.6 Å². The summed E-state index contributed by atoms with van der Waals surface area (Å²) in [7, 11) is 1.68. The molecule has 3 rings (SSSR count). The number of piperazine rings is 1. The van der Waals surface area contributed by atoms with Gasteiger partial charge in [-0.05, 0) is 43.0 Å². The van der Waals surface area contributed by atoms with Crippen LogP contribution >= 0.6 is 0 Å². The van der Waals surface area contributed by atoms with E-state index >= 15 is 0 Å². The summed E-state index contributed by atoms with van der Waals surface area (Å²) in [6.07, 6.45) is 4.32. The predicted molar refractivity (Wildman–Crippen MR) is 109 cm³/mol. The molecule has 1 atom stereocenters. The SMILES string of the molecule is COc1cccc2c1OCC(CN1CCN(CCC(C)C)[C@@H](CCO)C1)=C2. The molecule has 1 saturated heterocycles. The Bertz CT molecular complexity index is 644. The van der Waals surface area contributed by atoms with Crippen LogP contribution < -0.4 is 9.47 Å². The van der Waals surface area contributed by atoms with E-state index in [1.807, 2.05) is 12.1 Å². The topological polar surface area (TPSA) is 45.2 Å². The largest absolute Gasteiger partial charge is 0.493 e. The molecule has 0 saturated carbocycles. The summed E-state index contributed by atoms with van der Waals surface area (Å²) in [5.74, 6) is 2.37. The zero-order valence-electron chi connectivity index (χ0n) is 17.0. The number of para-hydroxylation sites is 1. The Labute approximate surface area is 163 Å². The Kier molecular flexibility index (Phi) is 7.16. The zero-order valence-corrected chi connectivity index (χ0v) is 17.0. The summed E-state index contributed by atoms with van der Waals surface area (Å²) in [5.41, 5.74) is 2.40. The second kappa shape index (κ2) is 9.58. The Balaban J connectivity index is 1.62. The van der Waals surface area contributed by atoms with Crippen LogP contribution in [0.1, 0.15) is 32.3 Å². The first-order valence-electron chi connectivity index (χ1n) is 10.2. The summed E-state index contributed by atoms with van der Waals surface area (Å²) < 4.78 is 11.4. The number of fused-ring (bicyclic) bond motifs is 1. The van der Waals surface area contributed by atoms with E-state index in [0.717, 1.165) is 62.1 Å². The standard InChI is InChI=1S/C22H34N2O3/c1-17(2)7-9-24-11-10-23(15-20(24)8-12-25)14-18-13-19-5-4-6-21(26-3)22(19)27-16-18/h4-6,13,17,20,25H,7-12,14-16H2,1-3H3/t20-/m0/s1. The summed E-state index contributed by atoms with van der Waals surface area (Å²) >= 11 is 0. The van der Waals surface area contributed by atoms with Crippen molar-refractivity contribution in [3.63, 3.8) is 0 Å². The van der Waals surface area contributed by atoms with Crippen LogP contribution in [0, 0.1) is 5.92 Å². The first kappa shape index (κ1) is 20.2. The van der Waals surface area contributed by atoms with Gasteiger partial charge in [-0.15, -0.1) is 0 Å². The van der Waals surface area contributed by atoms with Crippen molar-refractivity contribution in [1.82, 2.24) is 9.80 Å². The van der Waals surface area contributed by atoms with Crippen LogP contribution in [-0.2, 0) is 0 Å². The lowest BCUT2D eigenvalue weighted by atomic mass is 10.0. The van der Waals surface area contributed by atoms with Gasteiger partial charge in [-0.25, -0.2) is 0 Å². The van der Waals surface area contributed by atoms with E-state index in [1.165, 1.54) is 12.0 Å². The van der Waals surface area contributed by atoms with Crippen molar-refractivity contribution in [2.24, 2.45) is 5.92 Å². The third kappa shape index (κ3) is 5.24. The molecule has 150 valence electrons. The lowest BCUT2D eigenvalue weighted by Crippen LogP contribution is -2.54. The minimum Gasteiger partial charge on any atom is -0.493 e. The molecule has 0 aliphatic carbocycles. The number of rotatable bonds is 8. The normalized spacial score (nSPS) is 20.9. The lowest BCUT2D eigenvalue weighted by Gasteiger charge is -2.42. The first-order valence-corrected chi connectivity index (χ1v) is 10.2. The lowest BCUT2D eigenvalue weighted by molar-refractivity contribution is 0.0598. The highest BCUT2D eigenvalue weighted by Crippen LogP contribution is 2.35. The van der Waals surface area contributed by atoms with E-state index < -0.39 is 0 Å². The molecule has 2 aliphatic rings. The van der Waals surface area contributed by atoms with Crippen molar-refractivity contribution in [2.45, 2.75) is 32.7 Å². The molecule has 0 radical (unpaired) electrons. The fourth-order valence-corrected chi connectivity index (χ4v) is 4.01. The number of nitrogens with zero attached hydrogens (tertiary/aromatic N) is 2. The van der Waals surface area contributed by atoms with Crippen molar-refractivity contribution in [3.8, 4) is 11.5 Å². The van der Waals surface area contributed by atoms with Crippen molar-refractivity contribution >= 4 is 6.08 Å². The number of aliphatic hydroxyl groups is 1. The van der Waals surface area contributed by atoms with Crippen LogP contribution in [0.5, 0.6) is 11.5 Å². The third-order valence-corrected chi connectivity index (χ3v) is 5.56. The summed E-state index contributed by atoms with van der Waals surface area (Å²) in [6, 6.07) is 6.47. The van der Waals surface area contributed by atoms with Gasteiger partial charge in [0.15, 0.2) is 11.5 Å². The summed E-state index contributed by atoms with van der Waals surface area (Å²) in [5, 5.41) is 9.49.